The van der Waals surface area contributed by atoms with E-state index >= 15 is 0 Å². The molecule has 5 heteroatoms. The van der Waals surface area contributed by atoms with Crippen LogP contribution in [0.2, 0.25) is 0 Å². The van der Waals surface area contributed by atoms with Gasteiger partial charge in [-0.1, -0.05) is 24.3 Å². The fraction of sp³-hybridized carbons (Fsp3) is 0.0667. The smallest absolute Gasteiger partial charge is 0.228 e. The molecule has 0 aliphatic rings. The van der Waals surface area contributed by atoms with Gasteiger partial charge in [-0.3, -0.25) is 9.89 Å². The zero-order chi connectivity index (χ0) is 13.9. The van der Waals surface area contributed by atoms with Crippen molar-refractivity contribution in [2.45, 2.75) is 6.42 Å². The van der Waals surface area contributed by atoms with Crippen LogP contribution in [0, 0.1) is 0 Å². The highest BCUT2D eigenvalue weighted by Crippen LogP contribution is 2.20. The van der Waals surface area contributed by atoms with Crippen LogP contribution >= 0.6 is 0 Å². The molecule has 0 radical (unpaired) electrons. The summed E-state index contributed by atoms with van der Waals surface area (Å²) < 4.78 is 0. The summed E-state index contributed by atoms with van der Waals surface area (Å²) in [5, 5.41) is 10.7. The van der Waals surface area contributed by atoms with Crippen molar-refractivity contribution in [2.24, 2.45) is 0 Å². The minimum Gasteiger partial charge on any atom is -0.399 e. The normalized spacial score (nSPS) is 10.6. The Morgan fingerprint density at radius 3 is 2.95 bits per heavy atom. The van der Waals surface area contributed by atoms with Gasteiger partial charge in [0.2, 0.25) is 5.91 Å². The molecule has 4 N–H and O–H groups in total. The van der Waals surface area contributed by atoms with Crippen molar-refractivity contribution in [2.75, 3.05) is 11.1 Å². The van der Waals surface area contributed by atoms with Crippen molar-refractivity contribution < 1.29 is 4.79 Å². The predicted molar refractivity (Wildman–Crippen MR) is 79.3 cm³/mol. The molecule has 20 heavy (non-hydrogen) atoms. The lowest BCUT2D eigenvalue weighted by atomic mass is 10.1. The van der Waals surface area contributed by atoms with E-state index in [1.807, 2.05) is 30.3 Å². The minimum absolute atomic E-state index is 0.0855. The van der Waals surface area contributed by atoms with Crippen molar-refractivity contribution in [3.63, 3.8) is 0 Å². The summed E-state index contributed by atoms with van der Waals surface area (Å²) in [4.78, 5) is 12.1. The number of aromatic nitrogens is 2. The molecule has 1 amide bonds. The maximum Gasteiger partial charge on any atom is 0.228 e. The van der Waals surface area contributed by atoms with Crippen LogP contribution in [0.4, 0.5) is 11.4 Å². The quantitative estimate of drug-likeness (QED) is 0.636. The molecule has 0 spiro atoms. The van der Waals surface area contributed by atoms with Crippen molar-refractivity contribution in [1.29, 1.82) is 0 Å². The Bertz CT molecular complexity index is 763. The molecule has 0 fully saturated rings. The number of hydrogen-bond acceptors (Lipinski definition) is 3. The topological polar surface area (TPSA) is 83.8 Å². The number of nitrogen functional groups attached to an aromatic ring is 1. The highest BCUT2D eigenvalue weighted by atomic mass is 16.1. The van der Waals surface area contributed by atoms with Crippen LogP contribution in [0.1, 0.15) is 5.56 Å². The van der Waals surface area contributed by atoms with Gasteiger partial charge < -0.3 is 11.1 Å². The third-order valence-electron chi connectivity index (χ3n) is 3.07. The Kier molecular flexibility index (Phi) is 3.09. The molecule has 1 heterocycles. The van der Waals surface area contributed by atoms with E-state index in [1.165, 1.54) is 0 Å². The van der Waals surface area contributed by atoms with Crippen molar-refractivity contribution in [3.05, 3.63) is 54.2 Å². The fourth-order valence-corrected chi connectivity index (χ4v) is 2.16. The monoisotopic (exact) mass is 266 g/mol. The molecule has 0 saturated heterocycles. The predicted octanol–water partition coefficient (Wildman–Crippen LogP) is 2.33. The first kappa shape index (κ1) is 12.2. The van der Waals surface area contributed by atoms with E-state index in [-0.39, 0.29) is 12.3 Å². The van der Waals surface area contributed by atoms with E-state index in [0.717, 1.165) is 22.2 Å². The van der Waals surface area contributed by atoms with E-state index in [1.54, 1.807) is 18.3 Å². The van der Waals surface area contributed by atoms with Gasteiger partial charge in [0, 0.05) is 11.1 Å². The largest absolute Gasteiger partial charge is 0.399 e. The number of hydrogen-bond donors (Lipinski definition) is 3. The summed E-state index contributed by atoms with van der Waals surface area (Å²) in [6.45, 7) is 0. The van der Waals surface area contributed by atoms with Gasteiger partial charge in [-0.25, -0.2) is 0 Å². The molecule has 0 unspecified atom stereocenters. The Labute approximate surface area is 115 Å². The maximum absolute atomic E-state index is 12.1. The second-order valence-corrected chi connectivity index (χ2v) is 4.61. The number of nitrogens with two attached hydrogens (primary N) is 1. The number of carbonyl (C=O) groups excluding carboxylic acids is 1. The standard InChI is InChI=1S/C15H14N4O/c16-12-5-1-3-10(7-12)8-14(20)18-13-6-2-4-11-9-17-19-15(11)13/h1-7,9H,8,16H2,(H,17,19)(H,18,20). The van der Waals surface area contributed by atoms with E-state index in [9.17, 15) is 4.79 Å². The molecule has 0 aliphatic carbocycles. The highest BCUT2D eigenvalue weighted by molar-refractivity contribution is 6.00. The van der Waals surface area contributed by atoms with Gasteiger partial charge in [0.15, 0.2) is 0 Å². The minimum atomic E-state index is -0.0855. The Morgan fingerprint density at radius 1 is 1.25 bits per heavy atom. The van der Waals surface area contributed by atoms with Crippen molar-refractivity contribution >= 4 is 28.2 Å². The van der Waals surface area contributed by atoms with Gasteiger partial charge in [-0.2, -0.15) is 5.10 Å². The molecule has 2 aromatic carbocycles. The van der Waals surface area contributed by atoms with Crippen LogP contribution in [0.15, 0.2) is 48.7 Å². The Hall–Kier alpha value is -2.82. The molecule has 1 aromatic heterocycles. The van der Waals surface area contributed by atoms with Gasteiger partial charge in [0.25, 0.3) is 0 Å². The summed E-state index contributed by atoms with van der Waals surface area (Å²) in [6, 6.07) is 13.0. The fourth-order valence-electron chi connectivity index (χ4n) is 2.16. The first-order valence-corrected chi connectivity index (χ1v) is 6.29. The summed E-state index contributed by atoms with van der Waals surface area (Å²) in [6.07, 6.45) is 2.01. The first-order valence-electron chi connectivity index (χ1n) is 6.29. The summed E-state index contributed by atoms with van der Waals surface area (Å²) in [7, 11) is 0. The molecule has 0 saturated carbocycles. The van der Waals surface area contributed by atoms with E-state index < -0.39 is 0 Å². The summed E-state index contributed by atoms with van der Waals surface area (Å²) in [5.41, 5.74) is 8.81. The highest BCUT2D eigenvalue weighted by Gasteiger charge is 2.08. The molecule has 0 atom stereocenters. The third kappa shape index (κ3) is 2.47. The molecule has 0 bridgehead atoms. The molecule has 3 aromatic rings. The third-order valence-corrected chi connectivity index (χ3v) is 3.07. The van der Waals surface area contributed by atoms with E-state index in [2.05, 4.69) is 15.5 Å². The molecular weight excluding hydrogens is 252 g/mol. The number of fused-ring (bicyclic) bond motifs is 1. The van der Waals surface area contributed by atoms with Gasteiger partial charge in [-0.15, -0.1) is 0 Å². The van der Waals surface area contributed by atoms with E-state index in [0.29, 0.717) is 5.69 Å². The average Bonchev–Trinajstić information content (AvgIpc) is 2.88. The van der Waals surface area contributed by atoms with Gasteiger partial charge in [0.1, 0.15) is 0 Å². The van der Waals surface area contributed by atoms with Crippen LogP contribution in [0.5, 0.6) is 0 Å². The maximum atomic E-state index is 12.1. The van der Waals surface area contributed by atoms with Crippen LogP contribution in [-0.2, 0) is 11.2 Å². The number of nitrogens with zero attached hydrogens (tertiary/aromatic N) is 1. The average molecular weight is 266 g/mol. The number of carbonyl (C=O) groups is 1. The summed E-state index contributed by atoms with van der Waals surface area (Å²) >= 11 is 0. The number of nitrogens with one attached hydrogen (secondary N) is 2. The van der Waals surface area contributed by atoms with Crippen LogP contribution in [0.3, 0.4) is 0 Å². The first-order chi connectivity index (χ1) is 9.72. The second kappa shape index (κ2) is 5.05. The zero-order valence-corrected chi connectivity index (χ0v) is 10.8. The molecule has 5 nitrogen and oxygen atoms in total. The molecule has 3 rings (SSSR count). The van der Waals surface area contributed by atoms with Crippen molar-refractivity contribution in [3.8, 4) is 0 Å². The molecular formula is C15H14N4O. The molecule has 100 valence electrons. The number of H-pyrrole nitrogens is 1. The van der Waals surface area contributed by atoms with Gasteiger partial charge >= 0.3 is 0 Å². The number of aromatic amines is 1. The lowest BCUT2D eigenvalue weighted by Gasteiger charge is -2.06. The second-order valence-electron chi connectivity index (χ2n) is 4.61. The Morgan fingerprint density at radius 2 is 2.10 bits per heavy atom. The lowest BCUT2D eigenvalue weighted by molar-refractivity contribution is -0.115. The Balaban J connectivity index is 1.77. The number of rotatable bonds is 3. The van der Waals surface area contributed by atoms with Crippen molar-refractivity contribution in [1.82, 2.24) is 10.2 Å². The SMILES string of the molecule is Nc1cccc(CC(=O)Nc2cccc3cn[nH]c23)c1. The number of para-hydroxylation sites is 1. The van der Waals surface area contributed by atoms with Crippen LogP contribution in [-0.4, -0.2) is 16.1 Å². The number of amides is 1. The zero-order valence-electron chi connectivity index (χ0n) is 10.8. The lowest BCUT2D eigenvalue weighted by Crippen LogP contribution is -2.14. The number of benzene rings is 2. The van der Waals surface area contributed by atoms with Gasteiger partial charge in [0.05, 0.1) is 23.8 Å². The van der Waals surface area contributed by atoms with Gasteiger partial charge in [-0.05, 0) is 23.8 Å². The van der Waals surface area contributed by atoms with E-state index in [4.69, 9.17) is 5.73 Å². The molecule has 0 aliphatic heterocycles. The summed E-state index contributed by atoms with van der Waals surface area (Å²) in [5.74, 6) is -0.0855. The number of anilines is 2. The van der Waals surface area contributed by atoms with Crippen LogP contribution < -0.4 is 11.1 Å². The van der Waals surface area contributed by atoms with Crippen LogP contribution in [0.25, 0.3) is 10.9 Å².